The van der Waals surface area contributed by atoms with Gasteiger partial charge >= 0.3 is 11.5 Å². The molecule has 0 spiro atoms. The molecule has 26 heavy (non-hydrogen) atoms. The summed E-state index contributed by atoms with van der Waals surface area (Å²) in [5.41, 5.74) is -2.53. The van der Waals surface area contributed by atoms with E-state index in [4.69, 9.17) is 0 Å². The van der Waals surface area contributed by atoms with Crippen LogP contribution in [0, 0.1) is 6.92 Å². The molecule has 2 rings (SSSR count). The van der Waals surface area contributed by atoms with Crippen molar-refractivity contribution in [3.05, 3.63) is 41.7 Å². The Bertz CT molecular complexity index is 765. The van der Waals surface area contributed by atoms with Crippen molar-refractivity contribution in [2.45, 2.75) is 23.9 Å². The van der Waals surface area contributed by atoms with E-state index in [9.17, 15) is 18.0 Å². The Morgan fingerprint density at radius 3 is 2.42 bits per heavy atom. The van der Waals surface area contributed by atoms with E-state index in [-0.39, 0.29) is 23.2 Å². The molecule has 1 aromatic heterocycles. The number of hydrogen-bond acceptors (Lipinski definition) is 5. The maximum Gasteiger partial charge on any atom is 0.446 e. The van der Waals surface area contributed by atoms with Gasteiger partial charge in [-0.25, -0.2) is 14.8 Å². The molecule has 140 valence electrons. The molecule has 1 aromatic carbocycles. The largest absolute Gasteiger partial charge is 0.446 e. The minimum absolute atomic E-state index is 0.0520. The average molecular weight is 385 g/mol. The fourth-order valence-corrected chi connectivity index (χ4v) is 2.53. The van der Waals surface area contributed by atoms with Crippen LogP contribution < -0.4 is 15.5 Å². The van der Waals surface area contributed by atoms with Gasteiger partial charge in [0.15, 0.2) is 0 Å². The van der Waals surface area contributed by atoms with Crippen molar-refractivity contribution in [3.8, 4) is 0 Å². The first kappa shape index (κ1) is 19.8. The molecular formula is C16H18F3N5OS. The summed E-state index contributed by atoms with van der Waals surface area (Å²) in [6.07, 6.45) is 0. The second-order valence-electron chi connectivity index (χ2n) is 5.57. The summed E-state index contributed by atoms with van der Waals surface area (Å²) in [7, 11) is 3.64. The van der Waals surface area contributed by atoms with Crippen LogP contribution >= 0.6 is 11.8 Å². The van der Waals surface area contributed by atoms with Crippen LogP contribution in [0.2, 0.25) is 0 Å². The summed E-state index contributed by atoms with van der Waals surface area (Å²) in [5, 5.41) is 5.21. The van der Waals surface area contributed by atoms with Crippen molar-refractivity contribution in [2.24, 2.45) is 0 Å². The number of carbonyl (C=O) groups excluding carboxylic acids is 1. The number of carbonyl (C=O) groups is 1. The minimum atomic E-state index is -4.34. The molecule has 0 bridgehead atoms. The summed E-state index contributed by atoms with van der Waals surface area (Å²) in [6.45, 7) is 2.02. The van der Waals surface area contributed by atoms with Gasteiger partial charge in [-0.3, -0.25) is 0 Å². The molecule has 2 amide bonds. The van der Waals surface area contributed by atoms with Gasteiger partial charge in [-0.15, -0.1) is 0 Å². The highest BCUT2D eigenvalue weighted by Gasteiger charge is 2.29. The number of nitrogens with one attached hydrogen (secondary N) is 2. The fourth-order valence-electron chi connectivity index (χ4n) is 1.99. The third-order valence-electron chi connectivity index (χ3n) is 3.07. The van der Waals surface area contributed by atoms with Crippen LogP contribution in [0.3, 0.4) is 0 Å². The van der Waals surface area contributed by atoms with Gasteiger partial charge in [-0.1, -0.05) is 0 Å². The molecule has 0 aliphatic heterocycles. The topological polar surface area (TPSA) is 70.2 Å². The first-order valence-electron chi connectivity index (χ1n) is 7.55. The molecule has 0 fully saturated rings. The lowest BCUT2D eigenvalue weighted by Crippen LogP contribution is -2.29. The average Bonchev–Trinajstić information content (AvgIpc) is 2.53. The van der Waals surface area contributed by atoms with E-state index < -0.39 is 11.5 Å². The van der Waals surface area contributed by atoms with Gasteiger partial charge in [-0.2, -0.15) is 13.2 Å². The van der Waals surface area contributed by atoms with Gasteiger partial charge in [-0.05, 0) is 49.0 Å². The molecule has 2 N–H and O–H groups in total. The Balaban J connectivity index is 1.91. The highest BCUT2D eigenvalue weighted by atomic mass is 32.2. The van der Waals surface area contributed by atoms with E-state index in [1.165, 1.54) is 24.3 Å². The zero-order valence-corrected chi connectivity index (χ0v) is 15.2. The predicted molar refractivity (Wildman–Crippen MR) is 95.3 cm³/mol. The van der Waals surface area contributed by atoms with E-state index >= 15 is 0 Å². The third kappa shape index (κ3) is 6.43. The first-order chi connectivity index (χ1) is 12.1. The summed E-state index contributed by atoms with van der Waals surface area (Å²) >= 11 is -0.206. The van der Waals surface area contributed by atoms with Crippen molar-refractivity contribution in [1.82, 2.24) is 15.3 Å². The third-order valence-corrected chi connectivity index (χ3v) is 3.81. The number of amides is 2. The zero-order chi connectivity index (χ0) is 19.3. The van der Waals surface area contributed by atoms with Crippen LogP contribution in [-0.4, -0.2) is 35.6 Å². The fraction of sp³-hybridized carbons (Fsp3) is 0.312. The molecule has 6 nitrogen and oxygen atoms in total. The minimum Gasteiger partial charge on any atom is -0.347 e. The lowest BCUT2D eigenvalue weighted by Gasteiger charge is -2.13. The van der Waals surface area contributed by atoms with Crippen molar-refractivity contribution < 1.29 is 18.0 Å². The number of hydrogen-bond donors (Lipinski definition) is 2. The number of alkyl halides is 3. The Labute approximate surface area is 153 Å². The number of anilines is 2. The normalized spacial score (nSPS) is 11.2. The summed E-state index contributed by atoms with van der Waals surface area (Å²) < 4.78 is 36.9. The molecule has 0 saturated heterocycles. The highest BCUT2D eigenvalue weighted by molar-refractivity contribution is 8.00. The van der Waals surface area contributed by atoms with Crippen LogP contribution in [0.15, 0.2) is 35.2 Å². The van der Waals surface area contributed by atoms with Gasteiger partial charge in [0.25, 0.3) is 0 Å². The number of rotatable bonds is 5. The number of urea groups is 1. The Morgan fingerprint density at radius 1 is 1.19 bits per heavy atom. The summed E-state index contributed by atoms with van der Waals surface area (Å²) in [6, 6.07) is 6.69. The van der Waals surface area contributed by atoms with E-state index in [0.717, 1.165) is 5.69 Å². The Kier molecular flexibility index (Phi) is 6.30. The van der Waals surface area contributed by atoms with E-state index in [0.29, 0.717) is 17.3 Å². The first-order valence-corrected chi connectivity index (χ1v) is 8.36. The quantitative estimate of drug-likeness (QED) is 0.767. The van der Waals surface area contributed by atoms with Crippen molar-refractivity contribution in [3.63, 3.8) is 0 Å². The standard InChI is InChI=1S/C16H18F3N5OS/c1-10-8-12(22-14(21-10)24(2)3)9-20-15(25)23-11-4-6-13(7-5-11)26-16(17,18)19/h4-8H,9H2,1-3H3,(H2,20,23,25). The van der Waals surface area contributed by atoms with E-state index in [1.54, 1.807) is 11.0 Å². The molecular weight excluding hydrogens is 367 g/mol. The molecule has 0 saturated carbocycles. The molecule has 0 aliphatic rings. The van der Waals surface area contributed by atoms with Gasteiger partial charge in [0.2, 0.25) is 5.95 Å². The molecule has 2 aromatic rings. The second kappa shape index (κ2) is 8.26. The molecule has 0 aliphatic carbocycles. The van der Waals surface area contributed by atoms with E-state index in [2.05, 4.69) is 20.6 Å². The lowest BCUT2D eigenvalue weighted by atomic mass is 10.3. The molecule has 1 heterocycles. The van der Waals surface area contributed by atoms with Crippen LogP contribution in [0.1, 0.15) is 11.4 Å². The van der Waals surface area contributed by atoms with Crippen LogP contribution in [-0.2, 0) is 6.54 Å². The number of aromatic nitrogens is 2. The molecule has 10 heteroatoms. The van der Waals surface area contributed by atoms with Crippen molar-refractivity contribution in [2.75, 3.05) is 24.3 Å². The van der Waals surface area contributed by atoms with Gasteiger partial charge in [0, 0.05) is 30.4 Å². The number of thioether (sulfide) groups is 1. The van der Waals surface area contributed by atoms with Crippen LogP contribution in [0.4, 0.5) is 29.6 Å². The molecule has 0 radical (unpaired) electrons. The maximum absolute atomic E-state index is 12.3. The van der Waals surface area contributed by atoms with Crippen LogP contribution in [0.5, 0.6) is 0 Å². The molecule has 0 unspecified atom stereocenters. The monoisotopic (exact) mass is 385 g/mol. The summed E-state index contributed by atoms with van der Waals surface area (Å²) in [4.78, 5) is 22.3. The van der Waals surface area contributed by atoms with Crippen LogP contribution in [0.25, 0.3) is 0 Å². The van der Waals surface area contributed by atoms with Gasteiger partial charge in [0.1, 0.15) is 0 Å². The number of nitrogens with zero attached hydrogens (tertiary/aromatic N) is 3. The Morgan fingerprint density at radius 2 is 1.85 bits per heavy atom. The summed E-state index contributed by atoms with van der Waals surface area (Å²) in [5.74, 6) is 0.542. The number of benzene rings is 1. The van der Waals surface area contributed by atoms with Crippen molar-refractivity contribution in [1.29, 1.82) is 0 Å². The SMILES string of the molecule is Cc1cc(CNC(=O)Nc2ccc(SC(F)(F)F)cc2)nc(N(C)C)n1. The number of aryl methyl sites for hydroxylation is 1. The Hall–Kier alpha value is -2.49. The smallest absolute Gasteiger partial charge is 0.347 e. The van der Waals surface area contributed by atoms with Crippen molar-refractivity contribution >= 4 is 29.4 Å². The molecule has 0 atom stereocenters. The second-order valence-corrected chi connectivity index (χ2v) is 6.71. The lowest BCUT2D eigenvalue weighted by molar-refractivity contribution is -0.0328. The maximum atomic E-state index is 12.3. The zero-order valence-electron chi connectivity index (χ0n) is 14.4. The number of halogens is 3. The van der Waals surface area contributed by atoms with Gasteiger partial charge in [0.05, 0.1) is 12.2 Å². The predicted octanol–water partition coefficient (Wildman–Crippen LogP) is 3.78. The van der Waals surface area contributed by atoms with Gasteiger partial charge < -0.3 is 15.5 Å². The highest BCUT2D eigenvalue weighted by Crippen LogP contribution is 2.36. The van der Waals surface area contributed by atoms with E-state index in [1.807, 2.05) is 21.0 Å².